The molecule has 3 aromatic carbocycles. The molecule has 0 saturated carbocycles. The first-order chi connectivity index (χ1) is 16.8. The summed E-state index contributed by atoms with van der Waals surface area (Å²) in [6, 6.07) is 28.4. The third kappa shape index (κ3) is 5.67. The van der Waals surface area contributed by atoms with E-state index in [-0.39, 0.29) is 5.92 Å². The zero-order chi connectivity index (χ0) is 25.0. The van der Waals surface area contributed by atoms with Gasteiger partial charge in [-0.25, -0.2) is 4.79 Å². The van der Waals surface area contributed by atoms with E-state index in [0.717, 1.165) is 16.7 Å². The van der Waals surface area contributed by atoms with Crippen LogP contribution in [0.15, 0.2) is 91.0 Å². The van der Waals surface area contributed by atoms with Gasteiger partial charge in [-0.15, -0.1) is 5.54 Å². The van der Waals surface area contributed by atoms with Crippen LogP contribution in [0.4, 0.5) is 4.79 Å². The first kappa shape index (κ1) is 24.8. The average molecular weight is 484 g/mol. The summed E-state index contributed by atoms with van der Waals surface area (Å²) in [5.74, 6) is 3.12. The summed E-state index contributed by atoms with van der Waals surface area (Å²) < 4.78 is 6.00. The lowest BCUT2D eigenvalue weighted by Crippen LogP contribution is -2.47. The number of ether oxygens (including phenoxy) is 1. The normalized spacial score (nSPS) is 20.4. The molecule has 0 unspecified atom stereocenters. The van der Waals surface area contributed by atoms with Crippen LogP contribution in [0.5, 0.6) is 0 Å². The molecule has 4 rings (SSSR count). The standard InChI is InChI=1S/C30H33NO3Si/c1-22(23-14-8-5-9-15-23)28(32)26(20-21-35(2,3)4)31-27(24-16-10-6-11-17-24)29(34-30(31)33)25-18-12-7-13-19-25/h5-19,22,26-29,32H,1-4H3/t22-,26+,27+,28+,29-/m0/s1. The van der Waals surface area contributed by atoms with Crippen molar-refractivity contribution in [3.63, 3.8) is 0 Å². The van der Waals surface area contributed by atoms with Crippen molar-refractivity contribution in [3.05, 3.63) is 108 Å². The van der Waals surface area contributed by atoms with Crippen LogP contribution in [-0.4, -0.2) is 36.3 Å². The number of benzene rings is 3. The fourth-order valence-electron chi connectivity index (χ4n) is 4.50. The Hall–Kier alpha value is -3.33. The first-order valence-electron chi connectivity index (χ1n) is 12.1. The van der Waals surface area contributed by atoms with Gasteiger partial charge >= 0.3 is 6.09 Å². The highest BCUT2D eigenvalue weighted by atomic mass is 28.3. The Bertz CT molecular complexity index is 1180. The molecule has 1 aliphatic heterocycles. The SMILES string of the molecule is C[C@@H](c1ccccc1)[C@@H](O)[C@@H](C#C[Si](C)(C)C)N1C(=O)O[C@@H](c2ccccc2)[C@H]1c1ccccc1. The van der Waals surface area contributed by atoms with Gasteiger partial charge in [0.25, 0.3) is 0 Å². The van der Waals surface area contributed by atoms with Gasteiger partial charge < -0.3 is 9.84 Å². The fraction of sp³-hybridized carbons (Fsp3) is 0.300. The van der Waals surface area contributed by atoms with Gasteiger partial charge in [-0.1, -0.05) is 123 Å². The highest BCUT2D eigenvalue weighted by molar-refractivity contribution is 6.83. The monoisotopic (exact) mass is 483 g/mol. The van der Waals surface area contributed by atoms with E-state index in [2.05, 4.69) is 31.1 Å². The molecule has 1 N–H and O–H groups in total. The zero-order valence-corrected chi connectivity index (χ0v) is 21.8. The number of carbonyl (C=O) groups excluding carboxylic acids is 1. The zero-order valence-electron chi connectivity index (χ0n) is 20.8. The van der Waals surface area contributed by atoms with Crippen LogP contribution in [0.3, 0.4) is 0 Å². The molecular formula is C30H33NO3Si. The van der Waals surface area contributed by atoms with Crippen LogP contribution >= 0.6 is 0 Å². The van der Waals surface area contributed by atoms with Crippen molar-refractivity contribution in [2.75, 3.05) is 0 Å². The van der Waals surface area contributed by atoms with Crippen LogP contribution in [0.25, 0.3) is 0 Å². The number of aliphatic hydroxyl groups excluding tert-OH is 1. The Morgan fingerprint density at radius 2 is 1.37 bits per heavy atom. The number of amides is 1. The molecule has 4 nitrogen and oxygen atoms in total. The molecule has 1 fully saturated rings. The Kier molecular flexibility index (Phi) is 7.44. The lowest BCUT2D eigenvalue weighted by Gasteiger charge is -2.34. The molecule has 3 aromatic rings. The third-order valence-electron chi connectivity index (χ3n) is 6.35. The molecule has 5 heteroatoms. The molecule has 180 valence electrons. The predicted octanol–water partition coefficient (Wildman–Crippen LogP) is 6.34. The molecule has 5 atom stereocenters. The van der Waals surface area contributed by atoms with Crippen LogP contribution in [-0.2, 0) is 4.74 Å². The molecule has 0 spiro atoms. The van der Waals surface area contributed by atoms with E-state index in [1.807, 2.05) is 97.9 Å². The van der Waals surface area contributed by atoms with Crippen molar-refractivity contribution >= 4 is 14.2 Å². The minimum Gasteiger partial charge on any atom is -0.439 e. The van der Waals surface area contributed by atoms with Crippen LogP contribution in [0.1, 0.15) is 41.7 Å². The van der Waals surface area contributed by atoms with E-state index >= 15 is 0 Å². The molecule has 0 bridgehead atoms. The summed E-state index contributed by atoms with van der Waals surface area (Å²) in [4.78, 5) is 15.2. The average Bonchev–Trinajstić information content (AvgIpc) is 3.21. The fourth-order valence-corrected chi connectivity index (χ4v) is 5.08. The van der Waals surface area contributed by atoms with Gasteiger partial charge in [-0.3, -0.25) is 4.90 Å². The quantitative estimate of drug-likeness (QED) is 0.329. The molecule has 0 radical (unpaired) electrons. The van der Waals surface area contributed by atoms with Gasteiger partial charge in [-0.2, -0.15) is 0 Å². The molecule has 0 aromatic heterocycles. The number of aliphatic hydroxyl groups is 1. The second kappa shape index (κ2) is 10.5. The number of nitrogens with zero attached hydrogens (tertiary/aromatic N) is 1. The molecule has 1 saturated heterocycles. The second-order valence-electron chi connectivity index (χ2n) is 10.1. The summed E-state index contributed by atoms with van der Waals surface area (Å²) in [5.41, 5.74) is 6.28. The van der Waals surface area contributed by atoms with Crippen molar-refractivity contribution in [1.82, 2.24) is 4.90 Å². The van der Waals surface area contributed by atoms with Gasteiger partial charge in [0.2, 0.25) is 0 Å². The van der Waals surface area contributed by atoms with Gasteiger partial charge in [0.1, 0.15) is 20.2 Å². The minimum absolute atomic E-state index is 0.225. The number of hydrogen-bond donors (Lipinski definition) is 1. The van der Waals surface area contributed by atoms with Crippen LogP contribution < -0.4 is 0 Å². The maximum Gasteiger partial charge on any atom is 0.412 e. The summed E-state index contributed by atoms with van der Waals surface area (Å²) in [7, 11) is -1.79. The Balaban J connectivity index is 1.81. The molecule has 1 aliphatic rings. The lowest BCUT2D eigenvalue weighted by molar-refractivity contribution is 0.0664. The van der Waals surface area contributed by atoms with Gasteiger partial charge in [-0.05, 0) is 16.7 Å². The van der Waals surface area contributed by atoms with E-state index in [4.69, 9.17) is 4.74 Å². The number of cyclic esters (lactones) is 1. The van der Waals surface area contributed by atoms with Crippen molar-refractivity contribution < 1.29 is 14.6 Å². The Morgan fingerprint density at radius 3 is 1.91 bits per heavy atom. The molecule has 35 heavy (non-hydrogen) atoms. The van der Waals surface area contributed by atoms with E-state index < -0.39 is 38.5 Å². The first-order valence-corrected chi connectivity index (χ1v) is 15.6. The minimum atomic E-state index is -1.79. The van der Waals surface area contributed by atoms with Crippen molar-refractivity contribution in [2.45, 2.75) is 56.8 Å². The van der Waals surface area contributed by atoms with E-state index in [0.29, 0.717) is 0 Å². The smallest absolute Gasteiger partial charge is 0.412 e. The molecule has 0 aliphatic carbocycles. The number of hydrogen-bond acceptors (Lipinski definition) is 3. The number of carbonyl (C=O) groups is 1. The topological polar surface area (TPSA) is 49.8 Å². The number of rotatable bonds is 6. The Labute approximate surface area is 209 Å². The van der Waals surface area contributed by atoms with Crippen molar-refractivity contribution in [3.8, 4) is 11.5 Å². The maximum atomic E-state index is 13.5. The van der Waals surface area contributed by atoms with E-state index in [9.17, 15) is 9.90 Å². The molecule has 1 heterocycles. The maximum absolute atomic E-state index is 13.5. The summed E-state index contributed by atoms with van der Waals surface area (Å²) in [6.45, 7) is 8.46. The van der Waals surface area contributed by atoms with E-state index in [1.165, 1.54) is 0 Å². The summed E-state index contributed by atoms with van der Waals surface area (Å²) in [5, 5.41) is 11.7. The second-order valence-corrected chi connectivity index (χ2v) is 14.9. The van der Waals surface area contributed by atoms with Gasteiger partial charge in [0.05, 0.1) is 6.10 Å². The van der Waals surface area contributed by atoms with Gasteiger partial charge in [0.15, 0.2) is 6.10 Å². The highest BCUT2D eigenvalue weighted by Crippen LogP contribution is 2.45. The largest absolute Gasteiger partial charge is 0.439 e. The molecular weight excluding hydrogens is 450 g/mol. The Morgan fingerprint density at radius 1 is 0.857 bits per heavy atom. The van der Waals surface area contributed by atoms with E-state index in [1.54, 1.807) is 4.90 Å². The van der Waals surface area contributed by atoms with Crippen LogP contribution in [0, 0.1) is 11.5 Å². The van der Waals surface area contributed by atoms with Crippen LogP contribution in [0.2, 0.25) is 19.6 Å². The van der Waals surface area contributed by atoms with Crippen molar-refractivity contribution in [2.24, 2.45) is 0 Å². The summed E-state index contributed by atoms with van der Waals surface area (Å²) >= 11 is 0. The summed E-state index contributed by atoms with van der Waals surface area (Å²) in [6.07, 6.45) is -1.85. The lowest BCUT2D eigenvalue weighted by atomic mass is 9.88. The third-order valence-corrected chi connectivity index (χ3v) is 7.24. The van der Waals surface area contributed by atoms with Gasteiger partial charge in [0, 0.05) is 5.92 Å². The van der Waals surface area contributed by atoms with Crippen molar-refractivity contribution in [1.29, 1.82) is 0 Å². The predicted molar refractivity (Wildman–Crippen MR) is 142 cm³/mol. The molecule has 1 amide bonds. The highest BCUT2D eigenvalue weighted by Gasteiger charge is 2.48.